The number of aromatic nitrogens is 2. The standard InChI is InChI=1S/C15H27N5.2C2HF3O2/c1-15(2,3)12-17-14-16-7-6-13(18-14)20-9-5-8-19(4)10-11-20;2*3-2(4,5)1(6)7/h6-7H,5,8-12H2,1-4H3,(H,16,17,18);2*(H,6,7). The number of carboxylic acid groups (broad SMARTS) is 2. The van der Waals surface area contributed by atoms with Gasteiger partial charge in [-0.2, -0.15) is 31.3 Å². The van der Waals surface area contributed by atoms with Crippen LogP contribution in [0.4, 0.5) is 38.1 Å². The predicted molar refractivity (Wildman–Crippen MR) is 112 cm³/mol. The number of carboxylic acids is 2. The third-order valence-electron chi connectivity index (χ3n) is 3.95. The van der Waals surface area contributed by atoms with Crippen LogP contribution < -0.4 is 10.2 Å². The molecule has 0 spiro atoms. The molecule has 1 fully saturated rings. The average molecular weight is 505 g/mol. The summed E-state index contributed by atoms with van der Waals surface area (Å²) in [6.07, 6.45) is -7.13. The summed E-state index contributed by atoms with van der Waals surface area (Å²) in [4.78, 5) is 31.5. The Kier molecular flexibility index (Phi) is 12.1. The summed E-state index contributed by atoms with van der Waals surface area (Å²) in [6, 6.07) is 2.01. The van der Waals surface area contributed by atoms with Gasteiger partial charge in [-0.05, 0) is 31.5 Å². The van der Waals surface area contributed by atoms with Crippen molar-refractivity contribution >= 4 is 23.7 Å². The minimum atomic E-state index is -5.08. The predicted octanol–water partition coefficient (Wildman–Crippen LogP) is 3.34. The Bertz CT molecular complexity index is 760. The first kappa shape index (κ1) is 31.2. The Balaban J connectivity index is 0.000000642. The summed E-state index contributed by atoms with van der Waals surface area (Å²) in [5, 5.41) is 17.6. The van der Waals surface area contributed by atoms with Crippen molar-refractivity contribution in [3.63, 3.8) is 0 Å². The van der Waals surface area contributed by atoms with Crippen LogP contribution >= 0.6 is 0 Å². The van der Waals surface area contributed by atoms with E-state index in [1.54, 1.807) is 0 Å². The SMILES string of the molecule is CN1CCCN(c2ccnc(NCC(C)(C)C)n2)CC1.O=C(O)C(F)(F)F.O=C(O)C(F)(F)F. The number of hydrogen-bond acceptors (Lipinski definition) is 7. The van der Waals surface area contributed by atoms with Gasteiger partial charge in [0.2, 0.25) is 5.95 Å². The van der Waals surface area contributed by atoms with E-state index in [0.717, 1.165) is 44.5 Å². The average Bonchev–Trinajstić information content (AvgIpc) is 2.90. The molecule has 1 aliphatic rings. The van der Waals surface area contributed by atoms with E-state index >= 15 is 0 Å². The van der Waals surface area contributed by atoms with Crippen LogP contribution in [0.3, 0.4) is 0 Å². The molecule has 34 heavy (non-hydrogen) atoms. The van der Waals surface area contributed by atoms with Crippen LogP contribution in [0.25, 0.3) is 0 Å². The molecule has 0 unspecified atom stereocenters. The summed E-state index contributed by atoms with van der Waals surface area (Å²) in [5.74, 6) is -3.75. The Labute approximate surface area is 192 Å². The Morgan fingerprint density at radius 3 is 1.91 bits per heavy atom. The van der Waals surface area contributed by atoms with Gasteiger partial charge in [0.05, 0.1) is 0 Å². The van der Waals surface area contributed by atoms with Crippen LogP contribution in [0, 0.1) is 5.41 Å². The van der Waals surface area contributed by atoms with Gasteiger partial charge in [-0.1, -0.05) is 20.8 Å². The molecule has 196 valence electrons. The fourth-order valence-electron chi connectivity index (χ4n) is 2.23. The number of hydrogen-bond donors (Lipinski definition) is 3. The second-order valence-electron chi connectivity index (χ2n) is 8.40. The van der Waals surface area contributed by atoms with Crippen LogP contribution in [0.2, 0.25) is 0 Å². The molecule has 0 aliphatic carbocycles. The zero-order valence-electron chi connectivity index (χ0n) is 19.2. The number of nitrogens with zero attached hydrogens (tertiary/aromatic N) is 4. The van der Waals surface area contributed by atoms with Crippen LogP contribution in [0.15, 0.2) is 12.3 Å². The maximum absolute atomic E-state index is 10.6. The lowest BCUT2D eigenvalue weighted by Gasteiger charge is -2.23. The minimum absolute atomic E-state index is 0.227. The first-order valence-electron chi connectivity index (χ1n) is 9.93. The fourth-order valence-corrected chi connectivity index (χ4v) is 2.23. The van der Waals surface area contributed by atoms with Crippen LogP contribution in [0.1, 0.15) is 27.2 Å². The largest absolute Gasteiger partial charge is 0.490 e. The summed E-state index contributed by atoms with van der Waals surface area (Å²) >= 11 is 0. The molecule has 15 heteroatoms. The van der Waals surface area contributed by atoms with Gasteiger partial charge in [0.25, 0.3) is 0 Å². The number of anilines is 2. The van der Waals surface area contributed by atoms with E-state index < -0.39 is 24.3 Å². The quantitative estimate of drug-likeness (QED) is 0.532. The van der Waals surface area contributed by atoms with Gasteiger partial charge in [0, 0.05) is 32.4 Å². The van der Waals surface area contributed by atoms with E-state index in [9.17, 15) is 26.3 Å². The van der Waals surface area contributed by atoms with Crippen molar-refractivity contribution in [2.45, 2.75) is 39.5 Å². The number of aliphatic carboxylic acids is 2. The Morgan fingerprint density at radius 1 is 0.971 bits per heavy atom. The Hall–Kier alpha value is -2.84. The van der Waals surface area contributed by atoms with Crippen molar-refractivity contribution in [1.82, 2.24) is 14.9 Å². The third-order valence-corrected chi connectivity index (χ3v) is 3.95. The van der Waals surface area contributed by atoms with Crippen LogP contribution in [0.5, 0.6) is 0 Å². The number of carbonyl (C=O) groups is 2. The van der Waals surface area contributed by atoms with Crippen molar-refractivity contribution in [3.8, 4) is 0 Å². The molecule has 0 radical (unpaired) electrons. The number of nitrogens with one attached hydrogen (secondary N) is 1. The molecule has 3 N–H and O–H groups in total. The highest BCUT2D eigenvalue weighted by molar-refractivity contribution is 5.73. The summed E-state index contributed by atoms with van der Waals surface area (Å²) < 4.78 is 63.5. The molecule has 0 atom stereocenters. The van der Waals surface area contributed by atoms with Crippen molar-refractivity contribution < 1.29 is 46.1 Å². The lowest BCUT2D eigenvalue weighted by atomic mass is 9.97. The van der Waals surface area contributed by atoms with E-state index in [1.165, 1.54) is 6.42 Å². The van der Waals surface area contributed by atoms with Crippen molar-refractivity contribution in [2.24, 2.45) is 5.41 Å². The van der Waals surface area contributed by atoms with Gasteiger partial charge >= 0.3 is 24.3 Å². The lowest BCUT2D eigenvalue weighted by molar-refractivity contribution is -0.193. The Morgan fingerprint density at radius 2 is 1.47 bits per heavy atom. The highest BCUT2D eigenvalue weighted by Gasteiger charge is 2.38. The van der Waals surface area contributed by atoms with Gasteiger partial charge < -0.3 is 25.3 Å². The van der Waals surface area contributed by atoms with E-state index in [4.69, 9.17) is 19.8 Å². The molecule has 1 aromatic heterocycles. The maximum atomic E-state index is 10.6. The van der Waals surface area contributed by atoms with E-state index in [0.29, 0.717) is 0 Å². The van der Waals surface area contributed by atoms with Gasteiger partial charge in [-0.15, -0.1) is 0 Å². The number of alkyl halides is 6. The monoisotopic (exact) mass is 505 g/mol. The molecule has 2 heterocycles. The van der Waals surface area contributed by atoms with Gasteiger partial charge in [-0.25, -0.2) is 14.6 Å². The normalized spacial score (nSPS) is 15.2. The third kappa shape index (κ3) is 14.3. The fraction of sp³-hybridized carbons (Fsp3) is 0.684. The summed E-state index contributed by atoms with van der Waals surface area (Å²) in [6.45, 7) is 11.8. The molecule has 2 rings (SSSR count). The molecule has 1 aliphatic heterocycles. The van der Waals surface area contributed by atoms with E-state index in [-0.39, 0.29) is 5.41 Å². The molecule has 1 saturated heterocycles. The van der Waals surface area contributed by atoms with Crippen LogP contribution in [-0.4, -0.2) is 89.1 Å². The second-order valence-corrected chi connectivity index (χ2v) is 8.40. The van der Waals surface area contributed by atoms with E-state index in [1.807, 2.05) is 12.3 Å². The van der Waals surface area contributed by atoms with Gasteiger partial charge in [-0.3, -0.25) is 0 Å². The molecule has 1 aromatic rings. The van der Waals surface area contributed by atoms with Gasteiger partial charge in [0.15, 0.2) is 0 Å². The molecule has 0 bridgehead atoms. The first-order chi connectivity index (χ1) is 15.3. The van der Waals surface area contributed by atoms with Crippen LogP contribution in [-0.2, 0) is 9.59 Å². The summed E-state index contributed by atoms with van der Waals surface area (Å²) in [7, 11) is 2.18. The molecule has 0 aromatic carbocycles. The van der Waals surface area contributed by atoms with E-state index in [2.05, 4.69) is 52.9 Å². The smallest absolute Gasteiger partial charge is 0.475 e. The summed E-state index contributed by atoms with van der Waals surface area (Å²) in [5.41, 5.74) is 0.227. The number of halogens is 6. The molecule has 9 nitrogen and oxygen atoms in total. The maximum Gasteiger partial charge on any atom is 0.490 e. The van der Waals surface area contributed by atoms with Gasteiger partial charge in [0.1, 0.15) is 5.82 Å². The zero-order valence-corrected chi connectivity index (χ0v) is 19.2. The zero-order chi connectivity index (χ0) is 26.7. The van der Waals surface area contributed by atoms with Crippen molar-refractivity contribution in [1.29, 1.82) is 0 Å². The molecule has 0 saturated carbocycles. The second kappa shape index (κ2) is 13.2. The van der Waals surface area contributed by atoms with Crippen molar-refractivity contribution in [3.05, 3.63) is 12.3 Å². The minimum Gasteiger partial charge on any atom is -0.475 e. The topological polar surface area (TPSA) is 119 Å². The van der Waals surface area contributed by atoms with Crippen molar-refractivity contribution in [2.75, 3.05) is 50.0 Å². The number of rotatable bonds is 3. The number of likely N-dealkylation sites (N-methyl/N-ethyl adjacent to an activating group) is 1. The highest BCUT2D eigenvalue weighted by atomic mass is 19.4. The molecular formula is C19H29F6N5O4. The highest BCUT2D eigenvalue weighted by Crippen LogP contribution is 2.17. The molecule has 0 amide bonds. The molecular weight excluding hydrogens is 476 g/mol. The lowest BCUT2D eigenvalue weighted by Crippen LogP contribution is -2.29. The first-order valence-corrected chi connectivity index (χ1v) is 9.93.